The number of pyridine rings is 1. The first kappa shape index (κ1) is 16.5. The Labute approximate surface area is 122 Å². The lowest BCUT2D eigenvalue weighted by molar-refractivity contribution is 0.0676. The number of hydrogen-bond acceptors (Lipinski definition) is 3. The van der Waals surface area contributed by atoms with Crippen molar-refractivity contribution in [2.24, 2.45) is 5.92 Å². The molecule has 0 aromatic carbocycles. The summed E-state index contributed by atoms with van der Waals surface area (Å²) in [7, 11) is 0. The molecule has 1 aromatic rings. The molecule has 0 saturated carbocycles. The molecule has 1 N–H and O–H groups in total. The first-order chi connectivity index (χ1) is 9.31. The van der Waals surface area contributed by atoms with Crippen molar-refractivity contribution in [2.45, 2.75) is 53.6 Å². The molecule has 0 saturated heterocycles. The third kappa shape index (κ3) is 4.83. The minimum Gasteiger partial charge on any atom is -0.368 e. The highest BCUT2D eigenvalue weighted by Gasteiger charge is 2.21. The van der Waals surface area contributed by atoms with Gasteiger partial charge in [-0.3, -0.25) is 4.79 Å². The summed E-state index contributed by atoms with van der Waals surface area (Å²) >= 11 is 0. The molecule has 1 amide bonds. The second kappa shape index (κ2) is 7.27. The Hall–Kier alpha value is -1.58. The van der Waals surface area contributed by atoms with Gasteiger partial charge in [0, 0.05) is 18.6 Å². The molecule has 1 rings (SSSR count). The molecule has 0 spiro atoms. The highest BCUT2D eigenvalue weighted by Crippen LogP contribution is 2.12. The molecule has 0 unspecified atom stereocenters. The van der Waals surface area contributed by atoms with Crippen molar-refractivity contribution in [1.82, 2.24) is 9.88 Å². The van der Waals surface area contributed by atoms with E-state index in [4.69, 9.17) is 0 Å². The maximum atomic E-state index is 12.6. The third-order valence-corrected chi connectivity index (χ3v) is 2.85. The summed E-state index contributed by atoms with van der Waals surface area (Å²) in [5, 5.41) is 3.23. The standard InChI is InChI=1S/C16H27N3O/c1-11(2)10-19(13(5)6)16(20)14-8-7-9-15(18-14)17-12(3)4/h7-9,11-13H,10H2,1-6H3,(H,17,18). The molecule has 0 fully saturated rings. The number of amides is 1. The van der Waals surface area contributed by atoms with Gasteiger partial charge in [0.25, 0.3) is 5.91 Å². The van der Waals surface area contributed by atoms with E-state index in [0.717, 1.165) is 12.4 Å². The van der Waals surface area contributed by atoms with Crippen LogP contribution < -0.4 is 5.32 Å². The number of hydrogen-bond donors (Lipinski definition) is 1. The van der Waals surface area contributed by atoms with Gasteiger partial charge in [-0.2, -0.15) is 0 Å². The average Bonchev–Trinajstić information content (AvgIpc) is 2.34. The predicted octanol–water partition coefficient (Wildman–Crippen LogP) is 3.41. The van der Waals surface area contributed by atoms with E-state index in [0.29, 0.717) is 17.7 Å². The summed E-state index contributed by atoms with van der Waals surface area (Å²) in [6.07, 6.45) is 0. The number of nitrogens with one attached hydrogen (secondary N) is 1. The van der Waals surface area contributed by atoms with E-state index in [1.54, 1.807) is 6.07 Å². The number of carbonyl (C=O) groups is 1. The molecule has 0 aliphatic carbocycles. The van der Waals surface area contributed by atoms with Crippen LogP contribution >= 0.6 is 0 Å². The molecule has 0 atom stereocenters. The van der Waals surface area contributed by atoms with Crippen molar-refractivity contribution in [3.8, 4) is 0 Å². The smallest absolute Gasteiger partial charge is 0.272 e. The van der Waals surface area contributed by atoms with Gasteiger partial charge in [-0.25, -0.2) is 4.98 Å². The quantitative estimate of drug-likeness (QED) is 0.866. The van der Waals surface area contributed by atoms with Crippen LogP contribution in [0.5, 0.6) is 0 Å². The van der Waals surface area contributed by atoms with E-state index >= 15 is 0 Å². The maximum Gasteiger partial charge on any atom is 0.272 e. The maximum absolute atomic E-state index is 12.6. The van der Waals surface area contributed by atoms with Gasteiger partial charge in [-0.05, 0) is 45.7 Å². The average molecular weight is 277 g/mol. The Morgan fingerprint density at radius 2 is 1.85 bits per heavy atom. The van der Waals surface area contributed by atoms with Gasteiger partial charge in [0.2, 0.25) is 0 Å². The summed E-state index contributed by atoms with van der Waals surface area (Å²) in [5.41, 5.74) is 0.505. The summed E-state index contributed by atoms with van der Waals surface area (Å²) in [4.78, 5) is 18.9. The van der Waals surface area contributed by atoms with Gasteiger partial charge in [0.05, 0.1) is 0 Å². The minimum absolute atomic E-state index is 0.00102. The molecule has 0 aliphatic rings. The van der Waals surface area contributed by atoms with Gasteiger partial charge in [-0.15, -0.1) is 0 Å². The van der Waals surface area contributed by atoms with E-state index in [2.05, 4.69) is 38.0 Å². The Kier molecular flexibility index (Phi) is 5.99. The zero-order valence-electron chi connectivity index (χ0n) is 13.5. The molecule has 1 heterocycles. The van der Waals surface area contributed by atoms with Crippen molar-refractivity contribution in [2.75, 3.05) is 11.9 Å². The molecule has 4 heteroatoms. The van der Waals surface area contributed by atoms with Crippen molar-refractivity contribution in [3.63, 3.8) is 0 Å². The fourth-order valence-corrected chi connectivity index (χ4v) is 2.00. The van der Waals surface area contributed by atoms with Gasteiger partial charge >= 0.3 is 0 Å². The van der Waals surface area contributed by atoms with Crippen molar-refractivity contribution in [3.05, 3.63) is 23.9 Å². The van der Waals surface area contributed by atoms with E-state index in [-0.39, 0.29) is 11.9 Å². The monoisotopic (exact) mass is 277 g/mol. The zero-order valence-corrected chi connectivity index (χ0v) is 13.5. The van der Waals surface area contributed by atoms with Crippen LogP contribution in [0.4, 0.5) is 5.82 Å². The molecular formula is C16H27N3O. The minimum atomic E-state index is 0.00102. The van der Waals surface area contributed by atoms with Crippen LogP contribution in [0.2, 0.25) is 0 Å². The Morgan fingerprint density at radius 1 is 1.20 bits per heavy atom. The predicted molar refractivity (Wildman–Crippen MR) is 84.0 cm³/mol. The van der Waals surface area contributed by atoms with Crippen LogP contribution in [0.1, 0.15) is 52.0 Å². The summed E-state index contributed by atoms with van der Waals surface area (Å²) in [6, 6.07) is 6.01. The van der Waals surface area contributed by atoms with E-state index in [9.17, 15) is 4.79 Å². The molecule has 112 valence electrons. The van der Waals surface area contributed by atoms with Crippen LogP contribution in [0.25, 0.3) is 0 Å². The third-order valence-electron chi connectivity index (χ3n) is 2.85. The van der Waals surface area contributed by atoms with Gasteiger partial charge in [0.15, 0.2) is 0 Å². The Morgan fingerprint density at radius 3 is 2.35 bits per heavy atom. The van der Waals surface area contributed by atoms with E-state index < -0.39 is 0 Å². The largest absolute Gasteiger partial charge is 0.368 e. The molecular weight excluding hydrogens is 250 g/mol. The normalized spacial score (nSPS) is 11.2. The van der Waals surface area contributed by atoms with Crippen LogP contribution in [0.3, 0.4) is 0 Å². The topological polar surface area (TPSA) is 45.2 Å². The number of carbonyl (C=O) groups excluding carboxylic acids is 1. The SMILES string of the molecule is CC(C)CN(C(=O)c1cccc(NC(C)C)n1)C(C)C. The summed E-state index contributed by atoms with van der Waals surface area (Å²) in [6.45, 7) is 13.2. The highest BCUT2D eigenvalue weighted by molar-refractivity contribution is 5.92. The lowest BCUT2D eigenvalue weighted by Gasteiger charge is -2.28. The second-order valence-electron chi connectivity index (χ2n) is 6.15. The number of rotatable bonds is 6. The number of aromatic nitrogens is 1. The first-order valence-electron chi connectivity index (χ1n) is 7.35. The fourth-order valence-electron chi connectivity index (χ4n) is 2.00. The number of anilines is 1. The molecule has 0 radical (unpaired) electrons. The molecule has 0 aliphatic heterocycles. The van der Waals surface area contributed by atoms with Gasteiger partial charge in [-0.1, -0.05) is 19.9 Å². The van der Waals surface area contributed by atoms with E-state index in [1.165, 1.54) is 0 Å². The van der Waals surface area contributed by atoms with E-state index in [1.807, 2.05) is 30.9 Å². The Balaban J connectivity index is 2.94. The fraction of sp³-hybridized carbons (Fsp3) is 0.625. The molecule has 1 aromatic heterocycles. The zero-order chi connectivity index (χ0) is 15.3. The van der Waals surface area contributed by atoms with Crippen molar-refractivity contribution in [1.29, 1.82) is 0 Å². The lowest BCUT2D eigenvalue weighted by atomic mass is 10.1. The van der Waals surface area contributed by atoms with Crippen LogP contribution in [-0.4, -0.2) is 34.4 Å². The summed E-state index contributed by atoms with van der Waals surface area (Å²) in [5.74, 6) is 1.19. The Bertz CT molecular complexity index is 441. The van der Waals surface area contributed by atoms with Crippen molar-refractivity contribution >= 4 is 11.7 Å². The molecule has 4 nitrogen and oxygen atoms in total. The molecule has 0 bridgehead atoms. The lowest BCUT2D eigenvalue weighted by Crippen LogP contribution is -2.40. The number of nitrogens with zero attached hydrogens (tertiary/aromatic N) is 2. The van der Waals surface area contributed by atoms with Crippen LogP contribution in [0, 0.1) is 5.92 Å². The molecule has 20 heavy (non-hydrogen) atoms. The van der Waals surface area contributed by atoms with Gasteiger partial charge in [0.1, 0.15) is 11.5 Å². The first-order valence-corrected chi connectivity index (χ1v) is 7.35. The van der Waals surface area contributed by atoms with Crippen LogP contribution in [-0.2, 0) is 0 Å². The highest BCUT2D eigenvalue weighted by atomic mass is 16.2. The second-order valence-corrected chi connectivity index (χ2v) is 6.15. The van der Waals surface area contributed by atoms with Crippen LogP contribution in [0.15, 0.2) is 18.2 Å². The summed E-state index contributed by atoms with van der Waals surface area (Å²) < 4.78 is 0. The van der Waals surface area contributed by atoms with Crippen molar-refractivity contribution < 1.29 is 4.79 Å². The van der Waals surface area contributed by atoms with Gasteiger partial charge < -0.3 is 10.2 Å².